The molecule has 4 heterocycles. The SMILES string of the molecule is C[C@@H]1Cc2c(ccc3[nH]ncc23)[C@H](c2ccc(N3CCC4(CC3)CC(C=O)C4)nc2)N1CC(F)(F)F. The summed E-state index contributed by atoms with van der Waals surface area (Å²) in [6.45, 7) is 2.67. The lowest BCUT2D eigenvalue weighted by atomic mass is 9.58. The molecule has 6 rings (SSSR count). The fraction of sp³-hybridized carbons (Fsp3) is 0.519. The largest absolute Gasteiger partial charge is 0.401 e. The smallest absolute Gasteiger partial charge is 0.357 e. The molecule has 3 aliphatic rings. The van der Waals surface area contributed by atoms with Crippen LogP contribution < -0.4 is 4.90 Å². The average molecular weight is 498 g/mol. The molecule has 1 aliphatic carbocycles. The number of rotatable bonds is 4. The minimum absolute atomic E-state index is 0.220. The number of halogens is 3. The minimum atomic E-state index is -4.30. The molecule has 1 N–H and O–H groups in total. The van der Waals surface area contributed by atoms with Crippen molar-refractivity contribution < 1.29 is 18.0 Å². The monoisotopic (exact) mass is 497 g/mol. The second-order valence-electron chi connectivity index (χ2n) is 10.9. The van der Waals surface area contributed by atoms with E-state index in [1.165, 1.54) is 0 Å². The van der Waals surface area contributed by atoms with Gasteiger partial charge in [0.25, 0.3) is 0 Å². The van der Waals surface area contributed by atoms with E-state index in [1.807, 2.05) is 31.2 Å². The van der Waals surface area contributed by atoms with E-state index >= 15 is 0 Å². The van der Waals surface area contributed by atoms with Gasteiger partial charge in [-0.1, -0.05) is 12.1 Å². The Labute approximate surface area is 207 Å². The highest BCUT2D eigenvalue weighted by atomic mass is 19.4. The lowest BCUT2D eigenvalue weighted by Crippen LogP contribution is -2.48. The zero-order chi connectivity index (χ0) is 25.1. The van der Waals surface area contributed by atoms with Gasteiger partial charge in [0.1, 0.15) is 12.1 Å². The standard InChI is InChI=1S/C27H30F3N5O/c1-17-10-21-20(3-4-23-22(21)14-32-33-23)25(35(17)16-27(28,29)30)19-2-5-24(31-13-19)34-8-6-26(7-9-34)11-18(12-26)15-36/h2-5,13-15,17-18,25H,6-12,16H2,1H3,(H,32,33)/t17-,25+/m1/s1. The predicted octanol–water partition coefficient (Wildman–Crippen LogP) is 5.05. The number of benzene rings is 1. The molecule has 0 bridgehead atoms. The van der Waals surface area contributed by atoms with Crippen LogP contribution in [0.1, 0.15) is 55.3 Å². The number of alkyl halides is 3. The number of nitrogens with one attached hydrogen (secondary N) is 1. The molecule has 1 saturated carbocycles. The normalized spacial score (nSPS) is 24.6. The number of hydrogen-bond acceptors (Lipinski definition) is 5. The second-order valence-corrected chi connectivity index (χ2v) is 10.9. The number of pyridine rings is 1. The van der Waals surface area contributed by atoms with Gasteiger partial charge in [-0.15, -0.1) is 0 Å². The third-order valence-corrected chi connectivity index (χ3v) is 8.64. The lowest BCUT2D eigenvalue weighted by molar-refractivity contribution is -0.155. The predicted molar refractivity (Wildman–Crippen MR) is 131 cm³/mol. The Morgan fingerprint density at radius 2 is 1.92 bits per heavy atom. The summed E-state index contributed by atoms with van der Waals surface area (Å²) in [6.07, 6.45) is 4.92. The Hall–Kier alpha value is -2.94. The molecule has 6 nitrogen and oxygen atoms in total. The Balaban J connectivity index is 1.29. The van der Waals surface area contributed by atoms with Crippen LogP contribution in [0, 0.1) is 11.3 Å². The van der Waals surface area contributed by atoms with E-state index in [1.54, 1.807) is 17.3 Å². The highest BCUT2D eigenvalue weighted by Gasteiger charge is 2.46. The van der Waals surface area contributed by atoms with E-state index in [2.05, 4.69) is 15.1 Å². The van der Waals surface area contributed by atoms with Gasteiger partial charge >= 0.3 is 6.18 Å². The number of hydrogen-bond donors (Lipinski definition) is 1. The quantitative estimate of drug-likeness (QED) is 0.511. The summed E-state index contributed by atoms with van der Waals surface area (Å²) in [6, 6.07) is 6.89. The van der Waals surface area contributed by atoms with Crippen LogP contribution in [0.15, 0.2) is 36.7 Å². The molecule has 0 unspecified atom stereocenters. The molecule has 9 heteroatoms. The molecule has 2 aromatic heterocycles. The molecule has 2 aliphatic heterocycles. The van der Waals surface area contributed by atoms with Crippen LogP contribution in [0.2, 0.25) is 0 Å². The number of aldehydes is 1. The molecule has 1 saturated heterocycles. The highest BCUT2D eigenvalue weighted by molar-refractivity contribution is 5.83. The number of carbonyl (C=O) groups excluding carboxylic acids is 1. The fourth-order valence-corrected chi connectivity index (χ4v) is 6.76. The third kappa shape index (κ3) is 4.07. The number of piperidine rings is 1. The molecule has 0 radical (unpaired) electrons. The van der Waals surface area contributed by atoms with Crippen LogP contribution in [0.5, 0.6) is 0 Å². The van der Waals surface area contributed by atoms with Crippen LogP contribution in [-0.2, 0) is 11.2 Å². The van der Waals surface area contributed by atoms with Crippen molar-refractivity contribution in [2.24, 2.45) is 11.3 Å². The number of fused-ring (bicyclic) bond motifs is 3. The minimum Gasteiger partial charge on any atom is -0.357 e. The molecule has 2 fully saturated rings. The van der Waals surface area contributed by atoms with E-state index < -0.39 is 18.8 Å². The van der Waals surface area contributed by atoms with Crippen molar-refractivity contribution in [3.63, 3.8) is 0 Å². The van der Waals surface area contributed by atoms with Crippen molar-refractivity contribution in [2.45, 2.75) is 57.3 Å². The van der Waals surface area contributed by atoms with Crippen molar-refractivity contribution in [1.82, 2.24) is 20.1 Å². The molecular weight excluding hydrogens is 467 g/mol. The molecule has 190 valence electrons. The summed E-state index contributed by atoms with van der Waals surface area (Å²) >= 11 is 0. The Morgan fingerprint density at radius 1 is 1.14 bits per heavy atom. The summed E-state index contributed by atoms with van der Waals surface area (Å²) in [5.74, 6) is 1.08. The van der Waals surface area contributed by atoms with Crippen LogP contribution in [0.4, 0.5) is 19.0 Å². The summed E-state index contributed by atoms with van der Waals surface area (Å²) < 4.78 is 40.9. The molecule has 2 atom stereocenters. The van der Waals surface area contributed by atoms with Crippen molar-refractivity contribution >= 4 is 23.0 Å². The lowest BCUT2D eigenvalue weighted by Gasteiger charge is -2.51. The van der Waals surface area contributed by atoms with Gasteiger partial charge in [0.2, 0.25) is 0 Å². The number of anilines is 1. The van der Waals surface area contributed by atoms with Crippen molar-refractivity contribution in [3.05, 3.63) is 53.3 Å². The van der Waals surface area contributed by atoms with Gasteiger partial charge in [-0.25, -0.2) is 4.98 Å². The zero-order valence-corrected chi connectivity index (χ0v) is 20.3. The first-order valence-electron chi connectivity index (χ1n) is 12.7. The van der Waals surface area contributed by atoms with E-state index in [0.717, 1.165) is 78.5 Å². The van der Waals surface area contributed by atoms with Crippen molar-refractivity contribution in [1.29, 1.82) is 0 Å². The number of aromatic nitrogens is 3. The van der Waals surface area contributed by atoms with E-state index in [4.69, 9.17) is 4.98 Å². The summed E-state index contributed by atoms with van der Waals surface area (Å²) in [7, 11) is 0. The molecule has 0 amide bonds. The highest BCUT2D eigenvalue weighted by Crippen LogP contribution is 2.52. The van der Waals surface area contributed by atoms with Gasteiger partial charge in [-0.05, 0) is 73.3 Å². The van der Waals surface area contributed by atoms with Crippen molar-refractivity contribution in [2.75, 3.05) is 24.5 Å². The maximum Gasteiger partial charge on any atom is 0.401 e. The van der Waals surface area contributed by atoms with Gasteiger partial charge in [-0.2, -0.15) is 18.3 Å². The first-order valence-corrected chi connectivity index (χ1v) is 12.7. The van der Waals surface area contributed by atoms with Gasteiger partial charge in [-0.3, -0.25) is 10.00 Å². The molecule has 3 aromatic rings. The maximum absolute atomic E-state index is 13.6. The molecule has 36 heavy (non-hydrogen) atoms. The van der Waals surface area contributed by atoms with Gasteiger partial charge in [0.15, 0.2) is 0 Å². The molecular formula is C27H30F3N5O. The average Bonchev–Trinajstić information content (AvgIpc) is 3.32. The molecule has 1 aromatic carbocycles. The second kappa shape index (κ2) is 8.57. The zero-order valence-electron chi connectivity index (χ0n) is 20.3. The number of nitrogens with zero attached hydrogens (tertiary/aromatic N) is 4. The van der Waals surface area contributed by atoms with Gasteiger partial charge < -0.3 is 9.69 Å². The van der Waals surface area contributed by atoms with Crippen LogP contribution in [0.25, 0.3) is 10.9 Å². The van der Waals surface area contributed by atoms with Crippen LogP contribution in [0.3, 0.4) is 0 Å². The van der Waals surface area contributed by atoms with Crippen molar-refractivity contribution in [3.8, 4) is 0 Å². The summed E-state index contributed by atoms with van der Waals surface area (Å²) in [4.78, 5) is 19.5. The number of H-pyrrole nitrogens is 1. The topological polar surface area (TPSA) is 65.1 Å². The third-order valence-electron chi connectivity index (χ3n) is 8.64. The summed E-state index contributed by atoms with van der Waals surface area (Å²) in [5, 5.41) is 8.09. The van der Waals surface area contributed by atoms with Gasteiger partial charge in [0, 0.05) is 36.6 Å². The Morgan fingerprint density at radius 3 is 2.58 bits per heavy atom. The summed E-state index contributed by atoms with van der Waals surface area (Å²) in [5.41, 5.74) is 3.90. The number of carbonyl (C=O) groups is 1. The first-order chi connectivity index (χ1) is 17.3. The van der Waals surface area contributed by atoms with E-state index in [-0.39, 0.29) is 12.0 Å². The van der Waals surface area contributed by atoms with E-state index in [0.29, 0.717) is 11.8 Å². The van der Waals surface area contributed by atoms with Crippen LogP contribution >= 0.6 is 0 Å². The fourth-order valence-electron chi connectivity index (χ4n) is 6.76. The Kier molecular flexibility index (Phi) is 5.59. The maximum atomic E-state index is 13.6. The van der Waals surface area contributed by atoms with Gasteiger partial charge in [0.05, 0.1) is 24.3 Å². The Bertz CT molecular complexity index is 1250. The van der Waals surface area contributed by atoms with Crippen LogP contribution in [-0.4, -0.2) is 58.2 Å². The first kappa shape index (κ1) is 23.5. The van der Waals surface area contributed by atoms with E-state index in [9.17, 15) is 18.0 Å². The molecule has 1 spiro atoms. The number of aromatic amines is 1.